The van der Waals surface area contributed by atoms with Crippen molar-refractivity contribution in [1.29, 1.82) is 0 Å². The lowest BCUT2D eigenvalue weighted by molar-refractivity contribution is 0.385. The first kappa shape index (κ1) is 6.70. The van der Waals surface area contributed by atoms with Crippen molar-refractivity contribution < 1.29 is 4.52 Å². The van der Waals surface area contributed by atoms with Gasteiger partial charge in [-0.2, -0.15) is 0 Å². The van der Waals surface area contributed by atoms with Gasteiger partial charge in [0.25, 0.3) is 0 Å². The van der Waals surface area contributed by atoms with Gasteiger partial charge in [-0.15, -0.1) is 0 Å². The minimum atomic E-state index is 0.578. The first-order valence-electron chi connectivity index (χ1n) is 4.06. The van der Waals surface area contributed by atoms with E-state index in [1.54, 1.807) is 0 Å². The topological polar surface area (TPSA) is 52.0 Å². The maximum Gasteiger partial charge on any atom is 0.170 e. The fourth-order valence-corrected chi connectivity index (χ4v) is 1.36. The molecule has 0 amide bonds. The zero-order valence-corrected chi connectivity index (χ0v) is 6.63. The lowest BCUT2D eigenvalue weighted by atomic mass is 10.1. The van der Waals surface area contributed by atoms with Crippen LogP contribution >= 0.6 is 0 Å². The van der Waals surface area contributed by atoms with E-state index in [1.165, 1.54) is 12.8 Å². The fraction of sp³-hybridized carbons (Fsp3) is 0.625. The third-order valence-corrected chi connectivity index (χ3v) is 2.15. The lowest BCUT2D eigenvalue weighted by Gasteiger charge is -1.93. The zero-order chi connectivity index (χ0) is 7.84. The highest BCUT2D eigenvalue weighted by atomic mass is 16.5. The number of rotatable bonds is 2. The van der Waals surface area contributed by atoms with E-state index in [2.05, 4.69) is 12.1 Å². The molecule has 1 saturated carbocycles. The summed E-state index contributed by atoms with van der Waals surface area (Å²) in [5.74, 6) is 2.23. The Morgan fingerprint density at radius 1 is 1.64 bits per heavy atom. The van der Waals surface area contributed by atoms with Gasteiger partial charge in [0.05, 0.1) is 0 Å². The van der Waals surface area contributed by atoms with E-state index in [1.807, 2.05) is 0 Å². The summed E-state index contributed by atoms with van der Waals surface area (Å²) in [6.07, 6.45) is 3.41. The van der Waals surface area contributed by atoms with Crippen molar-refractivity contribution in [3.05, 3.63) is 11.3 Å². The van der Waals surface area contributed by atoms with Crippen molar-refractivity contribution in [2.75, 3.05) is 5.73 Å². The average molecular weight is 152 g/mol. The smallest absolute Gasteiger partial charge is 0.170 e. The van der Waals surface area contributed by atoms with Crippen molar-refractivity contribution in [2.24, 2.45) is 0 Å². The van der Waals surface area contributed by atoms with Crippen LogP contribution in [0.2, 0.25) is 0 Å². The van der Waals surface area contributed by atoms with Crippen molar-refractivity contribution in [3.8, 4) is 0 Å². The molecule has 1 heterocycles. The lowest BCUT2D eigenvalue weighted by Crippen LogP contribution is -1.91. The normalized spacial score (nSPS) is 17.2. The summed E-state index contributed by atoms with van der Waals surface area (Å²) in [6.45, 7) is 2.08. The molecule has 3 heteroatoms. The van der Waals surface area contributed by atoms with Crippen molar-refractivity contribution >= 4 is 5.82 Å². The van der Waals surface area contributed by atoms with E-state index in [-0.39, 0.29) is 0 Å². The SMILES string of the molecule is CCc1c(N)noc1C1CC1. The van der Waals surface area contributed by atoms with Gasteiger partial charge in [0, 0.05) is 11.5 Å². The number of nitrogen functional groups attached to an aromatic ring is 1. The van der Waals surface area contributed by atoms with E-state index in [0.717, 1.165) is 17.7 Å². The van der Waals surface area contributed by atoms with Gasteiger partial charge in [-0.1, -0.05) is 12.1 Å². The largest absolute Gasteiger partial charge is 0.381 e. The van der Waals surface area contributed by atoms with E-state index in [0.29, 0.717) is 11.7 Å². The molecule has 1 aromatic rings. The van der Waals surface area contributed by atoms with Crippen molar-refractivity contribution in [1.82, 2.24) is 5.16 Å². The average Bonchev–Trinajstić information content (AvgIpc) is 2.76. The van der Waals surface area contributed by atoms with Gasteiger partial charge in [-0.25, -0.2) is 0 Å². The Hall–Kier alpha value is -0.990. The highest BCUT2D eigenvalue weighted by molar-refractivity contribution is 5.42. The number of anilines is 1. The van der Waals surface area contributed by atoms with Crippen LogP contribution in [0.25, 0.3) is 0 Å². The Labute approximate surface area is 65.6 Å². The minimum absolute atomic E-state index is 0.578. The molecule has 0 unspecified atom stereocenters. The molecule has 0 aromatic carbocycles. The molecule has 1 aliphatic rings. The molecule has 3 nitrogen and oxygen atoms in total. The Kier molecular flexibility index (Phi) is 1.37. The number of aromatic nitrogens is 1. The van der Waals surface area contributed by atoms with Crippen LogP contribution in [0.5, 0.6) is 0 Å². The second kappa shape index (κ2) is 2.26. The second-order valence-corrected chi connectivity index (χ2v) is 3.04. The van der Waals surface area contributed by atoms with Crippen LogP contribution in [-0.4, -0.2) is 5.16 Å². The van der Waals surface area contributed by atoms with Gasteiger partial charge in [-0.3, -0.25) is 0 Å². The zero-order valence-electron chi connectivity index (χ0n) is 6.63. The molecule has 0 radical (unpaired) electrons. The summed E-state index contributed by atoms with van der Waals surface area (Å²) in [5, 5.41) is 3.75. The van der Waals surface area contributed by atoms with E-state index >= 15 is 0 Å². The predicted octanol–water partition coefficient (Wildman–Crippen LogP) is 1.70. The van der Waals surface area contributed by atoms with Crippen molar-refractivity contribution in [3.63, 3.8) is 0 Å². The number of nitrogens with zero attached hydrogens (tertiary/aromatic N) is 1. The van der Waals surface area contributed by atoms with Crippen LogP contribution in [0.3, 0.4) is 0 Å². The number of hydrogen-bond acceptors (Lipinski definition) is 3. The second-order valence-electron chi connectivity index (χ2n) is 3.04. The molecular formula is C8H12N2O. The molecule has 1 aromatic heterocycles. The minimum Gasteiger partial charge on any atom is -0.381 e. The summed E-state index contributed by atoms with van der Waals surface area (Å²) in [7, 11) is 0. The quantitative estimate of drug-likeness (QED) is 0.701. The monoisotopic (exact) mass is 152 g/mol. The molecule has 0 bridgehead atoms. The summed E-state index contributed by atoms with van der Waals surface area (Å²) < 4.78 is 5.14. The first-order chi connectivity index (χ1) is 5.33. The number of nitrogens with two attached hydrogens (primary N) is 1. The van der Waals surface area contributed by atoms with Gasteiger partial charge >= 0.3 is 0 Å². The summed E-state index contributed by atoms with van der Waals surface area (Å²) >= 11 is 0. The molecule has 2 rings (SSSR count). The van der Waals surface area contributed by atoms with Crippen LogP contribution < -0.4 is 5.73 Å². The Morgan fingerprint density at radius 3 is 2.91 bits per heavy atom. The summed E-state index contributed by atoms with van der Waals surface area (Å²) in [4.78, 5) is 0. The van der Waals surface area contributed by atoms with Crippen molar-refractivity contribution in [2.45, 2.75) is 32.1 Å². The third kappa shape index (κ3) is 1.00. The highest BCUT2D eigenvalue weighted by Crippen LogP contribution is 2.42. The highest BCUT2D eigenvalue weighted by Gasteiger charge is 2.30. The molecule has 1 fully saturated rings. The Balaban J connectivity index is 2.36. The van der Waals surface area contributed by atoms with Gasteiger partial charge in [0.15, 0.2) is 5.82 Å². The van der Waals surface area contributed by atoms with Gasteiger partial charge < -0.3 is 10.3 Å². The van der Waals surface area contributed by atoms with Gasteiger partial charge in [-0.05, 0) is 19.3 Å². The summed E-state index contributed by atoms with van der Waals surface area (Å²) in [5.41, 5.74) is 6.73. The van der Waals surface area contributed by atoms with Crippen LogP contribution in [0, 0.1) is 0 Å². The van der Waals surface area contributed by atoms with Crippen LogP contribution in [-0.2, 0) is 6.42 Å². The molecule has 2 N–H and O–H groups in total. The molecule has 1 aliphatic carbocycles. The fourth-order valence-electron chi connectivity index (χ4n) is 1.36. The molecule has 0 atom stereocenters. The molecule has 11 heavy (non-hydrogen) atoms. The Bertz CT molecular complexity index is 263. The maximum absolute atomic E-state index is 5.61. The molecule has 60 valence electrons. The van der Waals surface area contributed by atoms with Crippen LogP contribution in [0.1, 0.15) is 37.0 Å². The summed E-state index contributed by atoms with van der Waals surface area (Å²) in [6, 6.07) is 0. The maximum atomic E-state index is 5.61. The van der Waals surface area contributed by atoms with Crippen LogP contribution in [0.15, 0.2) is 4.52 Å². The molecule has 0 saturated heterocycles. The van der Waals surface area contributed by atoms with E-state index < -0.39 is 0 Å². The molecule has 0 aliphatic heterocycles. The van der Waals surface area contributed by atoms with Crippen LogP contribution in [0.4, 0.5) is 5.82 Å². The van der Waals surface area contributed by atoms with E-state index in [4.69, 9.17) is 10.3 Å². The first-order valence-corrected chi connectivity index (χ1v) is 4.06. The van der Waals surface area contributed by atoms with E-state index in [9.17, 15) is 0 Å². The standard InChI is InChI=1S/C8H12N2O/c1-2-6-7(5-3-4-5)11-10-8(6)9/h5H,2-4H2,1H3,(H2,9,10). The molecule has 0 spiro atoms. The van der Waals surface area contributed by atoms with Gasteiger partial charge in [0.1, 0.15) is 5.76 Å². The number of hydrogen-bond donors (Lipinski definition) is 1. The third-order valence-electron chi connectivity index (χ3n) is 2.15. The molecular weight excluding hydrogens is 140 g/mol. The van der Waals surface area contributed by atoms with Gasteiger partial charge in [0.2, 0.25) is 0 Å². The predicted molar refractivity (Wildman–Crippen MR) is 42.3 cm³/mol. The Morgan fingerprint density at radius 2 is 2.36 bits per heavy atom.